The van der Waals surface area contributed by atoms with Crippen LogP contribution in [0.3, 0.4) is 0 Å². The van der Waals surface area contributed by atoms with Gasteiger partial charge in [-0.2, -0.15) is 5.10 Å². The molecule has 1 aliphatic rings. The highest BCUT2D eigenvalue weighted by Gasteiger charge is 2.16. The molecular weight excluding hydrogens is 220 g/mol. The second-order valence-electron chi connectivity index (χ2n) is 4.53. The molecule has 1 aromatic rings. The van der Waals surface area contributed by atoms with E-state index >= 15 is 0 Å². The van der Waals surface area contributed by atoms with Crippen LogP contribution < -0.4 is 4.90 Å². The molecule has 1 aromatic heterocycles. The summed E-state index contributed by atoms with van der Waals surface area (Å²) in [6.07, 6.45) is 5.49. The van der Waals surface area contributed by atoms with Gasteiger partial charge in [-0.15, -0.1) is 0 Å². The van der Waals surface area contributed by atoms with Crippen LogP contribution in [0.4, 0.5) is 0 Å². The Morgan fingerprint density at radius 1 is 1.31 bits per heavy atom. The summed E-state index contributed by atoms with van der Waals surface area (Å²) in [5.74, 6) is 1.12. The Labute approximate surface area is 102 Å². The maximum absolute atomic E-state index is 5.20. The highest BCUT2D eigenvalue weighted by Crippen LogP contribution is 2.01. The summed E-state index contributed by atoms with van der Waals surface area (Å²) in [7, 11) is 0. The molecule has 16 heavy (non-hydrogen) atoms. The van der Waals surface area contributed by atoms with Crippen LogP contribution in [0.2, 0.25) is 0 Å². The molecule has 0 spiro atoms. The molecule has 5 heteroatoms. The Kier molecular flexibility index (Phi) is 4.12. The van der Waals surface area contributed by atoms with Gasteiger partial charge >= 0.3 is 0 Å². The lowest BCUT2D eigenvalue weighted by molar-refractivity contribution is -0.913. The van der Waals surface area contributed by atoms with Crippen LogP contribution in [-0.4, -0.2) is 27.9 Å². The quantitative estimate of drug-likeness (QED) is 0.772. The summed E-state index contributed by atoms with van der Waals surface area (Å²) in [5, 5.41) is 7.23. The zero-order chi connectivity index (χ0) is 11.4. The van der Waals surface area contributed by atoms with E-state index in [-0.39, 0.29) is 0 Å². The normalized spacial score (nSPS) is 18.6. The van der Waals surface area contributed by atoms with Crippen molar-refractivity contribution in [3.05, 3.63) is 10.6 Å². The molecular formula is C11H21N4S+. The van der Waals surface area contributed by atoms with Crippen LogP contribution in [0.25, 0.3) is 0 Å². The van der Waals surface area contributed by atoms with Crippen molar-refractivity contribution in [3.63, 3.8) is 0 Å². The largest absolute Gasteiger partial charge is 0.329 e. The maximum atomic E-state index is 5.20. The first kappa shape index (κ1) is 11.8. The van der Waals surface area contributed by atoms with Gasteiger partial charge in [0.25, 0.3) is 0 Å². The first-order valence-corrected chi connectivity index (χ1v) is 6.69. The van der Waals surface area contributed by atoms with Gasteiger partial charge in [-0.1, -0.05) is 0 Å². The standard InChI is InChI=1S/C11H20N4S/c1-2-15-10(12-13-11(15)16)9-14-7-5-3-4-6-8-14/h2-9H2,1H3,(H,13,16)/p+1. The van der Waals surface area contributed by atoms with Gasteiger partial charge in [-0.3, -0.25) is 9.67 Å². The molecule has 1 saturated heterocycles. The molecule has 2 rings (SSSR count). The van der Waals surface area contributed by atoms with Crippen molar-refractivity contribution in [2.75, 3.05) is 13.1 Å². The number of aromatic nitrogens is 3. The topological polar surface area (TPSA) is 38.0 Å². The smallest absolute Gasteiger partial charge is 0.195 e. The minimum absolute atomic E-state index is 0.756. The van der Waals surface area contributed by atoms with Crippen LogP contribution >= 0.6 is 12.2 Å². The van der Waals surface area contributed by atoms with Crippen molar-refractivity contribution < 1.29 is 4.90 Å². The lowest BCUT2D eigenvalue weighted by Crippen LogP contribution is -3.10. The third kappa shape index (κ3) is 2.71. The highest BCUT2D eigenvalue weighted by molar-refractivity contribution is 7.71. The molecule has 0 bridgehead atoms. The SMILES string of the molecule is CCn1c(C[NH+]2CCCCCC2)n[nH]c1=S. The van der Waals surface area contributed by atoms with Crippen LogP contribution in [-0.2, 0) is 13.1 Å². The highest BCUT2D eigenvalue weighted by atomic mass is 32.1. The van der Waals surface area contributed by atoms with E-state index in [1.54, 1.807) is 4.90 Å². The van der Waals surface area contributed by atoms with Gasteiger partial charge in [0, 0.05) is 6.54 Å². The second-order valence-corrected chi connectivity index (χ2v) is 4.92. The van der Waals surface area contributed by atoms with Crippen molar-refractivity contribution in [1.29, 1.82) is 0 Å². The van der Waals surface area contributed by atoms with Crippen molar-refractivity contribution in [3.8, 4) is 0 Å². The minimum Gasteiger partial charge on any atom is -0.329 e. The average molecular weight is 241 g/mol. The number of hydrogen-bond donors (Lipinski definition) is 2. The fourth-order valence-corrected chi connectivity index (χ4v) is 2.72. The predicted octanol–water partition coefficient (Wildman–Crippen LogP) is 0.919. The molecule has 0 unspecified atom stereocenters. The summed E-state index contributed by atoms with van der Waals surface area (Å²) in [6, 6.07) is 0. The molecule has 0 radical (unpaired) electrons. The van der Waals surface area contributed by atoms with Crippen LogP contribution in [0.1, 0.15) is 38.4 Å². The molecule has 90 valence electrons. The Bertz CT molecular complexity index is 374. The van der Waals surface area contributed by atoms with E-state index in [1.807, 2.05) is 0 Å². The number of quaternary nitrogens is 1. The van der Waals surface area contributed by atoms with E-state index in [4.69, 9.17) is 12.2 Å². The third-order valence-electron chi connectivity index (χ3n) is 3.37. The van der Waals surface area contributed by atoms with Crippen molar-refractivity contribution in [2.45, 2.75) is 45.7 Å². The predicted molar refractivity (Wildman–Crippen MR) is 66.0 cm³/mol. The fourth-order valence-electron chi connectivity index (χ4n) is 2.44. The minimum atomic E-state index is 0.756. The first-order valence-electron chi connectivity index (χ1n) is 6.29. The van der Waals surface area contributed by atoms with E-state index in [0.29, 0.717) is 0 Å². The lowest BCUT2D eigenvalue weighted by Gasteiger charge is -2.16. The first-order chi connectivity index (χ1) is 7.81. The zero-order valence-electron chi connectivity index (χ0n) is 9.96. The number of aromatic amines is 1. The summed E-state index contributed by atoms with van der Waals surface area (Å²) >= 11 is 5.20. The molecule has 0 aromatic carbocycles. The van der Waals surface area contributed by atoms with Gasteiger partial charge in [0.15, 0.2) is 10.6 Å². The molecule has 4 nitrogen and oxygen atoms in total. The van der Waals surface area contributed by atoms with E-state index in [0.717, 1.165) is 23.7 Å². The number of nitrogens with one attached hydrogen (secondary N) is 2. The third-order valence-corrected chi connectivity index (χ3v) is 3.68. The molecule has 0 amide bonds. The Morgan fingerprint density at radius 3 is 2.62 bits per heavy atom. The van der Waals surface area contributed by atoms with Crippen LogP contribution in [0.5, 0.6) is 0 Å². The molecule has 0 aliphatic carbocycles. The Balaban J connectivity index is 2.04. The number of H-pyrrole nitrogens is 1. The number of nitrogens with zero attached hydrogens (tertiary/aromatic N) is 2. The van der Waals surface area contributed by atoms with Crippen molar-refractivity contribution in [1.82, 2.24) is 14.8 Å². The Hall–Kier alpha value is -0.680. The van der Waals surface area contributed by atoms with E-state index < -0.39 is 0 Å². The summed E-state index contributed by atoms with van der Waals surface area (Å²) in [6.45, 7) is 6.61. The zero-order valence-corrected chi connectivity index (χ0v) is 10.8. The summed E-state index contributed by atoms with van der Waals surface area (Å²) in [4.78, 5) is 1.65. The van der Waals surface area contributed by atoms with Gasteiger partial charge in [0.1, 0.15) is 6.54 Å². The number of likely N-dealkylation sites (tertiary alicyclic amines) is 1. The molecule has 2 N–H and O–H groups in total. The number of rotatable bonds is 3. The van der Waals surface area contributed by atoms with Crippen molar-refractivity contribution >= 4 is 12.2 Å². The molecule has 0 atom stereocenters. The van der Waals surface area contributed by atoms with Crippen molar-refractivity contribution in [2.24, 2.45) is 0 Å². The van der Waals surface area contributed by atoms with E-state index in [1.165, 1.54) is 38.8 Å². The second kappa shape index (κ2) is 5.59. The van der Waals surface area contributed by atoms with Gasteiger partial charge in [0.05, 0.1) is 13.1 Å². The van der Waals surface area contributed by atoms with Gasteiger partial charge in [-0.05, 0) is 44.8 Å². The lowest BCUT2D eigenvalue weighted by atomic mass is 10.2. The molecule has 2 heterocycles. The van der Waals surface area contributed by atoms with E-state index in [9.17, 15) is 0 Å². The van der Waals surface area contributed by atoms with Gasteiger partial charge in [0.2, 0.25) is 0 Å². The van der Waals surface area contributed by atoms with Crippen LogP contribution in [0, 0.1) is 4.77 Å². The summed E-state index contributed by atoms with van der Waals surface area (Å²) in [5.41, 5.74) is 0. The Morgan fingerprint density at radius 2 is 2.00 bits per heavy atom. The monoisotopic (exact) mass is 241 g/mol. The number of hydrogen-bond acceptors (Lipinski definition) is 2. The molecule has 1 fully saturated rings. The summed E-state index contributed by atoms with van der Waals surface area (Å²) < 4.78 is 2.86. The maximum Gasteiger partial charge on any atom is 0.195 e. The van der Waals surface area contributed by atoms with Gasteiger partial charge < -0.3 is 4.90 Å². The molecule has 1 aliphatic heterocycles. The average Bonchev–Trinajstić information content (AvgIpc) is 2.51. The fraction of sp³-hybridized carbons (Fsp3) is 0.818. The molecule has 0 saturated carbocycles. The van der Waals surface area contributed by atoms with Gasteiger partial charge in [-0.25, -0.2) is 0 Å². The van der Waals surface area contributed by atoms with Crippen LogP contribution in [0.15, 0.2) is 0 Å². The van der Waals surface area contributed by atoms with E-state index in [2.05, 4.69) is 21.7 Å².